The van der Waals surface area contributed by atoms with Crippen LogP contribution in [0.25, 0.3) is 0 Å². The van der Waals surface area contributed by atoms with Gasteiger partial charge < -0.3 is 15.3 Å². The van der Waals surface area contributed by atoms with E-state index in [-0.39, 0.29) is 13.0 Å². The maximum Gasteiger partial charge on any atom is 0.312 e. The number of carboxylic acids is 1. The quantitative estimate of drug-likeness (QED) is 0.582. The van der Waals surface area contributed by atoms with E-state index in [0.717, 1.165) is 6.21 Å². The summed E-state index contributed by atoms with van der Waals surface area (Å²) < 4.78 is 4.74. The summed E-state index contributed by atoms with van der Waals surface area (Å²) in [6, 6.07) is 0. The highest BCUT2D eigenvalue weighted by atomic mass is 16.5. The predicted molar refractivity (Wildman–Crippen MR) is 41.0 cm³/mol. The molecule has 1 atom stereocenters. The largest absolute Gasteiger partial charge is 0.481 e. The fraction of sp³-hybridized carbons (Fsp3) is 0.714. The van der Waals surface area contributed by atoms with Crippen molar-refractivity contribution in [2.75, 3.05) is 13.7 Å². The first-order chi connectivity index (χ1) is 5.06. The van der Waals surface area contributed by atoms with Gasteiger partial charge in [0.1, 0.15) is 0 Å². The molecule has 2 N–H and O–H groups in total. The van der Waals surface area contributed by atoms with Crippen LogP contribution in [0.4, 0.5) is 0 Å². The van der Waals surface area contributed by atoms with Crippen LogP contribution < -0.4 is 0 Å². The monoisotopic (exact) mass is 159 g/mol. The Morgan fingerprint density at radius 3 is 2.64 bits per heavy atom. The normalized spacial score (nSPS) is 15.5. The van der Waals surface area contributed by atoms with Crippen molar-refractivity contribution >= 4 is 12.2 Å². The summed E-state index contributed by atoms with van der Waals surface area (Å²) >= 11 is 0. The zero-order chi connectivity index (χ0) is 8.91. The molecule has 0 heterocycles. The number of hydrogen-bond acceptors (Lipinski definition) is 3. The highest BCUT2D eigenvalue weighted by Gasteiger charge is 2.31. The Morgan fingerprint density at radius 1 is 1.82 bits per heavy atom. The van der Waals surface area contributed by atoms with E-state index in [1.165, 1.54) is 7.11 Å². The van der Waals surface area contributed by atoms with Crippen molar-refractivity contribution in [2.24, 2.45) is 5.41 Å². The standard InChI is InChI=1S/C7H13NO3/c1-7(3-4-8,5-11-2)6(9)10/h4,8H,3,5H2,1-2H3,(H,9,10). The second-order valence-corrected chi connectivity index (χ2v) is 2.71. The maximum atomic E-state index is 10.6. The van der Waals surface area contributed by atoms with Crippen molar-refractivity contribution in [3.8, 4) is 0 Å². The van der Waals surface area contributed by atoms with Crippen LogP contribution in [0.5, 0.6) is 0 Å². The fourth-order valence-electron chi connectivity index (χ4n) is 0.752. The summed E-state index contributed by atoms with van der Waals surface area (Å²) in [5, 5.41) is 15.5. The smallest absolute Gasteiger partial charge is 0.312 e. The third-order valence-corrected chi connectivity index (χ3v) is 1.53. The fourth-order valence-corrected chi connectivity index (χ4v) is 0.752. The Kier molecular flexibility index (Phi) is 3.74. The second-order valence-electron chi connectivity index (χ2n) is 2.71. The Morgan fingerprint density at radius 2 is 2.36 bits per heavy atom. The van der Waals surface area contributed by atoms with Crippen LogP contribution in [0, 0.1) is 10.8 Å². The van der Waals surface area contributed by atoms with Gasteiger partial charge in [-0.15, -0.1) is 0 Å². The third-order valence-electron chi connectivity index (χ3n) is 1.53. The first kappa shape index (κ1) is 10.1. The van der Waals surface area contributed by atoms with Crippen molar-refractivity contribution in [1.82, 2.24) is 0 Å². The SMILES string of the molecule is COCC(C)(CC=N)C(=O)O. The maximum absolute atomic E-state index is 10.6. The van der Waals surface area contributed by atoms with Gasteiger partial charge in [-0.2, -0.15) is 0 Å². The number of aliphatic carboxylic acids is 1. The van der Waals surface area contributed by atoms with Crippen molar-refractivity contribution < 1.29 is 14.6 Å². The van der Waals surface area contributed by atoms with Gasteiger partial charge in [-0.25, -0.2) is 0 Å². The molecule has 4 heteroatoms. The van der Waals surface area contributed by atoms with Crippen molar-refractivity contribution in [3.05, 3.63) is 0 Å². The van der Waals surface area contributed by atoms with Gasteiger partial charge >= 0.3 is 5.97 Å². The van der Waals surface area contributed by atoms with Crippen molar-refractivity contribution in [2.45, 2.75) is 13.3 Å². The lowest BCUT2D eigenvalue weighted by Gasteiger charge is -2.20. The van der Waals surface area contributed by atoms with Gasteiger partial charge in [0.2, 0.25) is 0 Å². The van der Waals surface area contributed by atoms with Crippen LogP contribution >= 0.6 is 0 Å². The molecule has 0 spiro atoms. The molecule has 0 aromatic heterocycles. The van der Waals surface area contributed by atoms with Crippen LogP contribution in [0.1, 0.15) is 13.3 Å². The van der Waals surface area contributed by atoms with Crippen LogP contribution in [0.2, 0.25) is 0 Å². The average molecular weight is 159 g/mol. The van der Waals surface area contributed by atoms with Gasteiger partial charge in [-0.3, -0.25) is 4.79 Å². The van der Waals surface area contributed by atoms with Gasteiger partial charge in [0.25, 0.3) is 0 Å². The second kappa shape index (κ2) is 4.08. The average Bonchev–Trinajstić information content (AvgIpc) is 1.88. The van der Waals surface area contributed by atoms with Crippen molar-refractivity contribution in [3.63, 3.8) is 0 Å². The molecule has 0 rings (SSSR count). The Hall–Kier alpha value is -0.900. The first-order valence-electron chi connectivity index (χ1n) is 3.28. The minimum absolute atomic E-state index is 0.137. The molecular formula is C7H13NO3. The number of carboxylic acid groups (broad SMARTS) is 1. The molecule has 0 amide bonds. The molecule has 11 heavy (non-hydrogen) atoms. The molecule has 0 aliphatic heterocycles. The number of methoxy groups -OCH3 is 1. The van der Waals surface area contributed by atoms with E-state index in [2.05, 4.69) is 0 Å². The van der Waals surface area contributed by atoms with Crippen LogP contribution in [-0.4, -0.2) is 31.0 Å². The van der Waals surface area contributed by atoms with Gasteiger partial charge in [0.15, 0.2) is 0 Å². The number of rotatable bonds is 5. The molecule has 0 aromatic rings. The summed E-state index contributed by atoms with van der Waals surface area (Å²) in [6.07, 6.45) is 1.29. The molecular weight excluding hydrogens is 146 g/mol. The molecule has 0 saturated heterocycles. The summed E-state index contributed by atoms with van der Waals surface area (Å²) in [7, 11) is 1.45. The molecule has 1 unspecified atom stereocenters. The Balaban J connectivity index is 4.24. The van der Waals surface area contributed by atoms with E-state index in [9.17, 15) is 4.79 Å². The summed E-state index contributed by atoms with van der Waals surface area (Å²) in [4.78, 5) is 10.6. The van der Waals surface area contributed by atoms with E-state index in [1.807, 2.05) is 0 Å². The number of ether oxygens (including phenoxy) is 1. The molecule has 0 aromatic carbocycles. The molecule has 0 aliphatic rings. The molecule has 0 radical (unpaired) electrons. The van der Waals surface area contributed by atoms with Crippen LogP contribution in [-0.2, 0) is 9.53 Å². The van der Waals surface area contributed by atoms with Gasteiger partial charge in [0, 0.05) is 13.5 Å². The van der Waals surface area contributed by atoms with Gasteiger partial charge in [-0.05, 0) is 13.1 Å². The van der Waals surface area contributed by atoms with Crippen LogP contribution in [0.3, 0.4) is 0 Å². The predicted octanol–water partition coefficient (Wildman–Crippen LogP) is 0.763. The number of nitrogens with one attached hydrogen (secondary N) is 1. The zero-order valence-corrected chi connectivity index (χ0v) is 6.76. The third kappa shape index (κ3) is 2.67. The summed E-state index contributed by atoms with van der Waals surface area (Å²) in [6.45, 7) is 1.70. The minimum atomic E-state index is -0.948. The van der Waals surface area contributed by atoms with Gasteiger partial charge in [-0.1, -0.05) is 0 Å². The molecule has 0 fully saturated rings. The van der Waals surface area contributed by atoms with E-state index in [0.29, 0.717) is 0 Å². The lowest BCUT2D eigenvalue weighted by molar-refractivity contribution is -0.150. The number of carbonyl (C=O) groups is 1. The topological polar surface area (TPSA) is 70.4 Å². The molecule has 0 saturated carbocycles. The van der Waals surface area contributed by atoms with Gasteiger partial charge in [0.05, 0.1) is 12.0 Å². The lowest BCUT2D eigenvalue weighted by Crippen LogP contribution is -2.32. The summed E-state index contributed by atoms with van der Waals surface area (Å²) in [5.74, 6) is -0.928. The molecule has 0 bridgehead atoms. The van der Waals surface area contributed by atoms with Crippen molar-refractivity contribution in [1.29, 1.82) is 5.41 Å². The zero-order valence-electron chi connectivity index (χ0n) is 6.76. The number of hydrogen-bond donors (Lipinski definition) is 2. The van der Waals surface area contributed by atoms with E-state index in [1.54, 1.807) is 6.92 Å². The minimum Gasteiger partial charge on any atom is -0.481 e. The summed E-state index contributed by atoms with van der Waals surface area (Å²) in [5.41, 5.74) is -0.948. The Labute approximate surface area is 65.7 Å². The van der Waals surface area contributed by atoms with E-state index < -0.39 is 11.4 Å². The lowest BCUT2D eigenvalue weighted by atomic mass is 9.88. The highest BCUT2D eigenvalue weighted by molar-refractivity contribution is 5.78. The van der Waals surface area contributed by atoms with Crippen LogP contribution in [0.15, 0.2) is 0 Å². The first-order valence-corrected chi connectivity index (χ1v) is 3.28. The highest BCUT2D eigenvalue weighted by Crippen LogP contribution is 2.20. The van der Waals surface area contributed by atoms with E-state index in [4.69, 9.17) is 15.3 Å². The van der Waals surface area contributed by atoms with E-state index >= 15 is 0 Å². The Bertz CT molecular complexity index is 158. The molecule has 0 aliphatic carbocycles. The molecule has 64 valence electrons. The molecule has 4 nitrogen and oxygen atoms in total.